The second-order valence-electron chi connectivity index (χ2n) is 8.99. The fourth-order valence-corrected chi connectivity index (χ4v) is 5.53. The fourth-order valence-electron chi connectivity index (χ4n) is 4.57. The summed E-state index contributed by atoms with van der Waals surface area (Å²) in [6, 6.07) is 12.5. The zero-order chi connectivity index (χ0) is 23.7. The van der Waals surface area contributed by atoms with Crippen molar-refractivity contribution in [3.05, 3.63) is 46.8 Å². The van der Waals surface area contributed by atoms with Gasteiger partial charge in [-0.15, -0.1) is 11.3 Å². The van der Waals surface area contributed by atoms with Gasteiger partial charge in [-0.25, -0.2) is 0 Å². The number of piperazine rings is 1. The molecule has 0 bridgehead atoms. The number of carbonyl (C=O) groups is 1. The third-order valence-corrected chi connectivity index (χ3v) is 7.89. The SMILES string of the molecule is CCc1cc2c(N3CCN(C(=O)C4(c5ccccc5)CC4)CC3)nc(OC[C@H](O)CO)nc2s1. The van der Waals surface area contributed by atoms with Crippen molar-refractivity contribution in [2.75, 3.05) is 44.3 Å². The van der Waals surface area contributed by atoms with Gasteiger partial charge in [0, 0.05) is 31.1 Å². The minimum Gasteiger partial charge on any atom is -0.461 e. The zero-order valence-corrected chi connectivity index (χ0v) is 20.1. The molecule has 3 heterocycles. The second kappa shape index (κ2) is 9.48. The minimum atomic E-state index is -0.980. The highest BCUT2D eigenvalue weighted by Gasteiger charge is 2.53. The van der Waals surface area contributed by atoms with Crippen LogP contribution in [0.25, 0.3) is 10.2 Å². The molecule has 9 heteroatoms. The molecular weight excluding hydrogens is 452 g/mol. The number of ether oxygens (including phenoxy) is 1. The van der Waals surface area contributed by atoms with Crippen molar-refractivity contribution >= 4 is 33.3 Å². The summed E-state index contributed by atoms with van der Waals surface area (Å²) in [5.41, 5.74) is 0.779. The summed E-state index contributed by atoms with van der Waals surface area (Å²) in [6.07, 6.45) is 1.75. The number of hydrogen-bond donors (Lipinski definition) is 2. The van der Waals surface area contributed by atoms with Gasteiger partial charge in [0.05, 0.1) is 17.4 Å². The van der Waals surface area contributed by atoms with E-state index in [0.29, 0.717) is 26.2 Å². The van der Waals surface area contributed by atoms with Gasteiger partial charge < -0.3 is 24.7 Å². The van der Waals surface area contributed by atoms with Gasteiger partial charge in [0.2, 0.25) is 5.91 Å². The third kappa shape index (κ3) is 4.35. The standard InChI is InChI=1S/C25H30N4O4S/c1-2-19-14-20-21(26-24(27-22(20)34-19)33-16-18(31)15-30)28-10-12-29(13-11-28)23(32)25(8-9-25)17-6-4-3-5-7-17/h3-7,14,18,30-31H,2,8-13,15-16H2,1H3/t18-/m1/s1. The van der Waals surface area contributed by atoms with E-state index < -0.39 is 6.10 Å². The van der Waals surface area contributed by atoms with E-state index in [9.17, 15) is 9.90 Å². The average molecular weight is 483 g/mol. The van der Waals surface area contributed by atoms with Crippen molar-refractivity contribution in [1.29, 1.82) is 0 Å². The van der Waals surface area contributed by atoms with Crippen LogP contribution >= 0.6 is 11.3 Å². The molecule has 1 saturated heterocycles. The molecule has 0 spiro atoms. The largest absolute Gasteiger partial charge is 0.461 e. The van der Waals surface area contributed by atoms with Crippen LogP contribution in [0.4, 0.5) is 5.82 Å². The van der Waals surface area contributed by atoms with Gasteiger partial charge >= 0.3 is 6.01 Å². The van der Waals surface area contributed by atoms with Crippen molar-refractivity contribution in [3.63, 3.8) is 0 Å². The summed E-state index contributed by atoms with van der Waals surface area (Å²) >= 11 is 1.61. The maximum atomic E-state index is 13.4. The molecule has 0 radical (unpaired) electrons. The Morgan fingerprint density at radius 1 is 1.18 bits per heavy atom. The Morgan fingerprint density at radius 2 is 1.91 bits per heavy atom. The first-order chi connectivity index (χ1) is 16.5. The fraction of sp³-hybridized carbons (Fsp3) is 0.480. The monoisotopic (exact) mass is 482 g/mol. The number of nitrogens with zero attached hydrogens (tertiary/aromatic N) is 4. The van der Waals surface area contributed by atoms with Gasteiger partial charge in [-0.05, 0) is 30.9 Å². The predicted octanol–water partition coefficient (Wildman–Crippen LogP) is 2.37. The summed E-state index contributed by atoms with van der Waals surface area (Å²) in [5.74, 6) is 1.03. The number of benzene rings is 1. The molecule has 2 N–H and O–H groups in total. The normalized spacial score (nSPS) is 18.2. The van der Waals surface area contributed by atoms with Crippen LogP contribution in [0.3, 0.4) is 0 Å². The van der Waals surface area contributed by atoms with Crippen molar-refractivity contribution in [2.24, 2.45) is 0 Å². The summed E-state index contributed by atoms with van der Waals surface area (Å²) in [7, 11) is 0. The van der Waals surface area contributed by atoms with Gasteiger partial charge in [-0.1, -0.05) is 37.3 Å². The van der Waals surface area contributed by atoms with E-state index >= 15 is 0 Å². The van der Waals surface area contributed by atoms with E-state index in [0.717, 1.165) is 40.9 Å². The smallest absolute Gasteiger partial charge is 0.319 e. The summed E-state index contributed by atoms with van der Waals surface area (Å²) < 4.78 is 5.59. The molecule has 2 aliphatic rings. The lowest BCUT2D eigenvalue weighted by molar-refractivity contribution is -0.134. The number of aryl methyl sites for hydroxylation is 1. The van der Waals surface area contributed by atoms with E-state index in [1.54, 1.807) is 11.3 Å². The van der Waals surface area contributed by atoms with Crippen LogP contribution in [-0.4, -0.2) is 76.5 Å². The third-order valence-electron chi connectivity index (χ3n) is 6.72. The molecule has 0 unspecified atom stereocenters. The second-order valence-corrected chi connectivity index (χ2v) is 10.1. The number of anilines is 1. The van der Waals surface area contributed by atoms with Gasteiger partial charge in [-0.2, -0.15) is 9.97 Å². The maximum Gasteiger partial charge on any atom is 0.319 e. The molecule has 1 aliphatic heterocycles. The molecular formula is C25H30N4O4S. The lowest BCUT2D eigenvalue weighted by Gasteiger charge is -2.37. The quantitative estimate of drug-likeness (QED) is 0.509. The highest BCUT2D eigenvalue weighted by molar-refractivity contribution is 7.18. The summed E-state index contributed by atoms with van der Waals surface area (Å²) in [5, 5.41) is 19.7. The van der Waals surface area contributed by atoms with Crippen LogP contribution < -0.4 is 9.64 Å². The number of carbonyl (C=O) groups excluding carboxylic acids is 1. The average Bonchev–Trinajstić information content (AvgIpc) is 3.59. The molecule has 1 aliphatic carbocycles. The van der Waals surface area contributed by atoms with Crippen LogP contribution in [0.2, 0.25) is 0 Å². The van der Waals surface area contributed by atoms with Crippen LogP contribution in [0.1, 0.15) is 30.2 Å². The number of aliphatic hydroxyl groups excluding tert-OH is 2. The molecule has 180 valence electrons. The number of aromatic nitrogens is 2. The molecule has 8 nitrogen and oxygen atoms in total. The Hall–Kier alpha value is -2.75. The molecule has 3 aromatic rings. The molecule has 1 atom stereocenters. The number of hydrogen-bond acceptors (Lipinski definition) is 8. The Balaban J connectivity index is 1.34. The molecule has 2 fully saturated rings. The Labute approximate surface area is 202 Å². The molecule has 1 saturated carbocycles. The topological polar surface area (TPSA) is 99.0 Å². The molecule has 34 heavy (non-hydrogen) atoms. The number of amides is 1. The maximum absolute atomic E-state index is 13.4. The van der Waals surface area contributed by atoms with Crippen LogP contribution in [0, 0.1) is 0 Å². The van der Waals surface area contributed by atoms with Gasteiger partial charge in [0.15, 0.2) is 0 Å². The Bertz CT molecular complexity index is 1160. The first-order valence-corrected chi connectivity index (χ1v) is 12.7. The number of aliphatic hydroxyl groups is 2. The molecule has 5 rings (SSSR count). The van der Waals surface area contributed by atoms with Crippen LogP contribution in [0.5, 0.6) is 6.01 Å². The highest BCUT2D eigenvalue weighted by atomic mass is 32.1. The molecule has 1 amide bonds. The van der Waals surface area contributed by atoms with Crippen molar-refractivity contribution in [2.45, 2.75) is 37.7 Å². The van der Waals surface area contributed by atoms with Gasteiger partial charge in [0.1, 0.15) is 23.4 Å². The number of thiophene rings is 1. The predicted molar refractivity (Wildman–Crippen MR) is 132 cm³/mol. The van der Waals surface area contributed by atoms with E-state index in [1.165, 1.54) is 4.88 Å². The Kier molecular flexibility index (Phi) is 6.42. The summed E-state index contributed by atoms with van der Waals surface area (Å²) in [6.45, 7) is 4.30. The first kappa shape index (κ1) is 23.0. The van der Waals surface area contributed by atoms with Crippen molar-refractivity contribution in [1.82, 2.24) is 14.9 Å². The van der Waals surface area contributed by atoms with Crippen molar-refractivity contribution < 1.29 is 19.7 Å². The van der Waals surface area contributed by atoms with E-state index in [2.05, 4.69) is 40.0 Å². The lowest BCUT2D eigenvalue weighted by Crippen LogP contribution is -2.51. The molecule has 1 aromatic carbocycles. The van der Waals surface area contributed by atoms with Crippen LogP contribution in [-0.2, 0) is 16.6 Å². The van der Waals surface area contributed by atoms with E-state index in [-0.39, 0.29) is 30.5 Å². The Morgan fingerprint density at radius 3 is 2.56 bits per heavy atom. The number of fused-ring (bicyclic) bond motifs is 1. The van der Waals surface area contributed by atoms with Gasteiger partial charge in [-0.3, -0.25) is 4.79 Å². The van der Waals surface area contributed by atoms with Gasteiger partial charge in [0.25, 0.3) is 0 Å². The van der Waals surface area contributed by atoms with E-state index in [1.807, 2.05) is 23.1 Å². The lowest BCUT2D eigenvalue weighted by atomic mass is 9.94. The van der Waals surface area contributed by atoms with Crippen molar-refractivity contribution in [3.8, 4) is 6.01 Å². The summed E-state index contributed by atoms with van der Waals surface area (Å²) in [4.78, 5) is 28.9. The van der Waals surface area contributed by atoms with Crippen LogP contribution in [0.15, 0.2) is 36.4 Å². The first-order valence-electron chi connectivity index (χ1n) is 11.9. The minimum absolute atomic E-state index is 0.0721. The zero-order valence-electron chi connectivity index (χ0n) is 19.3. The highest BCUT2D eigenvalue weighted by Crippen LogP contribution is 2.49. The number of rotatable bonds is 8. The molecule has 2 aromatic heterocycles. The van der Waals surface area contributed by atoms with E-state index in [4.69, 9.17) is 9.84 Å².